The smallest absolute Gasteiger partial charge is 0.271 e. The second-order valence-corrected chi connectivity index (χ2v) is 5.32. The number of nitrogens with one attached hydrogen (secondary N) is 1. The molecule has 21 heavy (non-hydrogen) atoms. The van der Waals surface area contributed by atoms with Crippen molar-refractivity contribution in [3.8, 4) is 0 Å². The van der Waals surface area contributed by atoms with Gasteiger partial charge in [-0.3, -0.25) is 21.2 Å². The average Bonchev–Trinajstić information content (AvgIpc) is 2.44. The standard InChI is InChI=1S/C13H12BrF3N4/c14-10-3-8(5-19-7-10)4-12(21-18)11-2-1-9(6-20-11)13(15,16)17/h1-3,5-7,12,21H,4,18H2. The van der Waals surface area contributed by atoms with E-state index >= 15 is 0 Å². The van der Waals surface area contributed by atoms with E-state index in [2.05, 4.69) is 31.3 Å². The highest BCUT2D eigenvalue weighted by Crippen LogP contribution is 2.29. The van der Waals surface area contributed by atoms with Crippen LogP contribution in [0.1, 0.15) is 22.9 Å². The fourth-order valence-electron chi connectivity index (χ4n) is 1.83. The van der Waals surface area contributed by atoms with Crippen molar-refractivity contribution in [3.63, 3.8) is 0 Å². The summed E-state index contributed by atoms with van der Waals surface area (Å²) in [6.07, 6.45) is 0.176. The Morgan fingerprint density at radius 3 is 2.52 bits per heavy atom. The van der Waals surface area contributed by atoms with Gasteiger partial charge in [-0.25, -0.2) is 0 Å². The lowest BCUT2D eigenvalue weighted by atomic mass is 10.0. The molecule has 0 bridgehead atoms. The lowest BCUT2D eigenvalue weighted by Crippen LogP contribution is -2.30. The van der Waals surface area contributed by atoms with Crippen molar-refractivity contribution in [1.29, 1.82) is 0 Å². The molecule has 2 heterocycles. The van der Waals surface area contributed by atoms with E-state index in [4.69, 9.17) is 5.84 Å². The zero-order valence-electron chi connectivity index (χ0n) is 10.7. The minimum absolute atomic E-state index is 0.400. The van der Waals surface area contributed by atoms with E-state index in [9.17, 15) is 13.2 Å². The number of aromatic nitrogens is 2. The monoisotopic (exact) mass is 360 g/mol. The van der Waals surface area contributed by atoms with E-state index in [0.717, 1.165) is 22.3 Å². The summed E-state index contributed by atoms with van der Waals surface area (Å²) in [5, 5.41) is 0. The van der Waals surface area contributed by atoms with E-state index in [1.165, 1.54) is 6.07 Å². The van der Waals surface area contributed by atoms with E-state index in [0.29, 0.717) is 12.1 Å². The maximum Gasteiger partial charge on any atom is 0.417 e. The van der Waals surface area contributed by atoms with Crippen molar-refractivity contribution in [3.05, 3.63) is 58.1 Å². The molecule has 8 heteroatoms. The number of hydrazine groups is 1. The van der Waals surface area contributed by atoms with Gasteiger partial charge >= 0.3 is 6.18 Å². The largest absolute Gasteiger partial charge is 0.417 e. The second kappa shape index (κ2) is 6.50. The van der Waals surface area contributed by atoms with E-state index in [1.54, 1.807) is 12.4 Å². The summed E-state index contributed by atoms with van der Waals surface area (Å²) in [5.41, 5.74) is 3.09. The van der Waals surface area contributed by atoms with Crippen LogP contribution in [0.25, 0.3) is 0 Å². The molecule has 112 valence electrons. The number of nitrogens with two attached hydrogens (primary N) is 1. The van der Waals surface area contributed by atoms with Gasteiger partial charge in [0.15, 0.2) is 0 Å². The number of pyridine rings is 2. The third-order valence-electron chi connectivity index (χ3n) is 2.87. The quantitative estimate of drug-likeness (QED) is 0.649. The highest BCUT2D eigenvalue weighted by atomic mass is 79.9. The van der Waals surface area contributed by atoms with Gasteiger partial charge in [-0.05, 0) is 46.1 Å². The fraction of sp³-hybridized carbons (Fsp3) is 0.231. The zero-order chi connectivity index (χ0) is 15.5. The van der Waals surface area contributed by atoms with Crippen LogP contribution in [0.5, 0.6) is 0 Å². The van der Waals surface area contributed by atoms with Crippen molar-refractivity contribution in [2.75, 3.05) is 0 Å². The van der Waals surface area contributed by atoms with Crippen LogP contribution in [0.4, 0.5) is 13.2 Å². The Balaban J connectivity index is 2.18. The van der Waals surface area contributed by atoms with Gasteiger partial charge in [0.1, 0.15) is 0 Å². The van der Waals surface area contributed by atoms with Crippen LogP contribution in [0.15, 0.2) is 41.3 Å². The summed E-state index contributed by atoms with van der Waals surface area (Å²) in [4.78, 5) is 7.87. The Bertz CT molecular complexity index is 601. The normalized spacial score (nSPS) is 13.2. The topological polar surface area (TPSA) is 63.8 Å². The first-order chi connectivity index (χ1) is 9.90. The van der Waals surface area contributed by atoms with Crippen molar-refractivity contribution in [2.45, 2.75) is 18.6 Å². The molecule has 0 aliphatic carbocycles. The Morgan fingerprint density at radius 2 is 2.00 bits per heavy atom. The summed E-state index contributed by atoms with van der Waals surface area (Å²) >= 11 is 3.31. The predicted octanol–water partition coefficient (Wildman–Crippen LogP) is 3.01. The first-order valence-electron chi connectivity index (χ1n) is 5.99. The third-order valence-corrected chi connectivity index (χ3v) is 3.31. The molecular weight excluding hydrogens is 349 g/mol. The SMILES string of the molecule is NNC(Cc1cncc(Br)c1)c1ccc(C(F)(F)F)cn1. The molecule has 1 unspecified atom stereocenters. The average molecular weight is 361 g/mol. The molecule has 0 radical (unpaired) electrons. The molecule has 2 rings (SSSR count). The van der Waals surface area contributed by atoms with Gasteiger partial charge in [-0.2, -0.15) is 13.2 Å². The molecule has 2 aromatic rings. The van der Waals surface area contributed by atoms with Crippen LogP contribution in [-0.4, -0.2) is 9.97 Å². The maximum absolute atomic E-state index is 12.5. The van der Waals surface area contributed by atoms with Crippen LogP contribution >= 0.6 is 15.9 Å². The molecule has 0 amide bonds. The lowest BCUT2D eigenvalue weighted by molar-refractivity contribution is -0.137. The summed E-state index contributed by atoms with van der Waals surface area (Å²) in [7, 11) is 0. The predicted molar refractivity (Wildman–Crippen MR) is 74.9 cm³/mol. The summed E-state index contributed by atoms with van der Waals surface area (Å²) in [6.45, 7) is 0. The van der Waals surface area contributed by atoms with E-state index in [1.807, 2.05) is 6.07 Å². The molecular formula is C13H12BrF3N4. The molecule has 3 N–H and O–H groups in total. The molecule has 0 fully saturated rings. The number of halogens is 4. The minimum Gasteiger partial charge on any atom is -0.271 e. The van der Waals surface area contributed by atoms with Crippen molar-refractivity contribution in [2.24, 2.45) is 5.84 Å². The van der Waals surface area contributed by atoms with Crippen LogP contribution in [0.3, 0.4) is 0 Å². The zero-order valence-corrected chi connectivity index (χ0v) is 12.3. The maximum atomic E-state index is 12.5. The minimum atomic E-state index is -4.40. The molecule has 0 saturated heterocycles. The number of rotatable bonds is 4. The van der Waals surface area contributed by atoms with Gasteiger partial charge in [-0.1, -0.05) is 0 Å². The molecule has 0 saturated carbocycles. The number of nitrogens with zero attached hydrogens (tertiary/aromatic N) is 2. The van der Waals surface area contributed by atoms with Crippen molar-refractivity contribution in [1.82, 2.24) is 15.4 Å². The van der Waals surface area contributed by atoms with Gasteiger partial charge in [0.25, 0.3) is 0 Å². The molecule has 0 aliphatic rings. The molecule has 4 nitrogen and oxygen atoms in total. The van der Waals surface area contributed by atoms with Crippen LogP contribution in [0, 0.1) is 0 Å². The van der Waals surface area contributed by atoms with Gasteiger partial charge in [0.05, 0.1) is 17.3 Å². The number of hydrogen-bond acceptors (Lipinski definition) is 4. The summed E-state index contributed by atoms with van der Waals surface area (Å²) in [6, 6.07) is 3.77. The second-order valence-electron chi connectivity index (χ2n) is 4.40. The highest BCUT2D eigenvalue weighted by molar-refractivity contribution is 9.10. The Kier molecular flexibility index (Phi) is 4.92. The van der Waals surface area contributed by atoms with Crippen LogP contribution in [0.2, 0.25) is 0 Å². The molecule has 0 spiro atoms. The first kappa shape index (κ1) is 15.9. The molecule has 0 aliphatic heterocycles. The fourth-order valence-corrected chi connectivity index (χ4v) is 2.24. The Morgan fingerprint density at radius 1 is 1.24 bits per heavy atom. The van der Waals surface area contributed by atoms with E-state index < -0.39 is 17.8 Å². The van der Waals surface area contributed by atoms with E-state index in [-0.39, 0.29) is 0 Å². The van der Waals surface area contributed by atoms with Gasteiger partial charge in [-0.15, -0.1) is 0 Å². The van der Waals surface area contributed by atoms with Gasteiger partial charge in [0, 0.05) is 23.1 Å². The Hall–Kier alpha value is -1.51. The lowest BCUT2D eigenvalue weighted by Gasteiger charge is -2.16. The summed E-state index contributed by atoms with van der Waals surface area (Å²) < 4.78 is 38.3. The number of hydrogen-bond donors (Lipinski definition) is 2. The van der Waals surface area contributed by atoms with Gasteiger partial charge < -0.3 is 0 Å². The number of alkyl halides is 3. The first-order valence-corrected chi connectivity index (χ1v) is 6.78. The molecule has 1 atom stereocenters. The van der Waals surface area contributed by atoms with Gasteiger partial charge in [0.2, 0.25) is 0 Å². The Labute approximate surface area is 127 Å². The van der Waals surface area contributed by atoms with Crippen molar-refractivity contribution >= 4 is 15.9 Å². The molecule has 0 aromatic carbocycles. The summed E-state index contributed by atoms with van der Waals surface area (Å²) in [5.74, 6) is 5.47. The van der Waals surface area contributed by atoms with Crippen LogP contribution < -0.4 is 11.3 Å². The molecule has 2 aromatic heterocycles. The highest BCUT2D eigenvalue weighted by Gasteiger charge is 2.30. The third kappa shape index (κ3) is 4.23. The van der Waals surface area contributed by atoms with Crippen molar-refractivity contribution < 1.29 is 13.2 Å². The van der Waals surface area contributed by atoms with Crippen LogP contribution in [-0.2, 0) is 12.6 Å².